The van der Waals surface area contributed by atoms with Crippen LogP contribution in [0.15, 0.2) is 97.1 Å². The molecule has 0 aliphatic carbocycles. The lowest BCUT2D eigenvalue weighted by molar-refractivity contribution is 0.0680. The Kier molecular flexibility index (Phi) is 6.13. The van der Waals surface area contributed by atoms with Gasteiger partial charge in [0.05, 0.1) is 11.1 Å². The largest absolute Gasteiger partial charge is 0.419 e. The smallest absolute Gasteiger partial charge is 0.343 e. The molecule has 0 fully saturated rings. The molecule has 0 aliphatic rings. The zero-order valence-corrected chi connectivity index (χ0v) is 17.9. The van der Waals surface area contributed by atoms with Crippen molar-refractivity contribution in [2.75, 3.05) is 0 Å². The SMILES string of the molecule is Cc1cc(-c2ccccc2)c(C)c(OC(=O)c2ccccc2)c1OC(=O)c1ccccc1. The zero-order valence-electron chi connectivity index (χ0n) is 17.9. The maximum Gasteiger partial charge on any atom is 0.343 e. The van der Waals surface area contributed by atoms with Crippen LogP contribution in [0, 0.1) is 13.8 Å². The Hall–Kier alpha value is -4.18. The van der Waals surface area contributed by atoms with Crippen LogP contribution in [0.25, 0.3) is 11.1 Å². The number of carbonyl (C=O) groups is 2. The van der Waals surface area contributed by atoms with Crippen molar-refractivity contribution in [1.82, 2.24) is 0 Å². The number of hydrogen-bond acceptors (Lipinski definition) is 4. The summed E-state index contributed by atoms with van der Waals surface area (Å²) in [5.74, 6) is -0.560. The average molecular weight is 422 g/mol. The first-order valence-corrected chi connectivity index (χ1v) is 10.3. The van der Waals surface area contributed by atoms with Crippen molar-refractivity contribution in [2.45, 2.75) is 13.8 Å². The summed E-state index contributed by atoms with van der Waals surface area (Å²) in [5.41, 5.74) is 4.10. The van der Waals surface area contributed by atoms with Gasteiger partial charge in [0, 0.05) is 5.56 Å². The summed E-state index contributed by atoms with van der Waals surface area (Å²) in [6.45, 7) is 3.69. The van der Waals surface area contributed by atoms with Crippen LogP contribution < -0.4 is 9.47 Å². The van der Waals surface area contributed by atoms with E-state index in [2.05, 4.69) is 0 Å². The monoisotopic (exact) mass is 422 g/mol. The number of esters is 2. The topological polar surface area (TPSA) is 52.6 Å². The molecule has 0 amide bonds. The molecule has 0 heterocycles. The first-order chi connectivity index (χ1) is 15.5. The Labute approximate surface area is 187 Å². The highest BCUT2D eigenvalue weighted by Gasteiger charge is 2.23. The van der Waals surface area contributed by atoms with Crippen LogP contribution in [-0.4, -0.2) is 11.9 Å². The van der Waals surface area contributed by atoms with Gasteiger partial charge in [0.2, 0.25) is 0 Å². The van der Waals surface area contributed by atoms with E-state index in [0.717, 1.165) is 11.1 Å². The molecule has 0 radical (unpaired) electrons. The third-order valence-electron chi connectivity index (χ3n) is 5.16. The third kappa shape index (κ3) is 4.44. The molecule has 0 saturated carbocycles. The lowest BCUT2D eigenvalue weighted by Crippen LogP contribution is -2.14. The van der Waals surface area contributed by atoms with Gasteiger partial charge in [-0.1, -0.05) is 66.7 Å². The molecule has 4 rings (SSSR count). The molecule has 32 heavy (non-hydrogen) atoms. The molecule has 4 heteroatoms. The molecule has 4 aromatic carbocycles. The van der Waals surface area contributed by atoms with Crippen molar-refractivity contribution in [2.24, 2.45) is 0 Å². The van der Waals surface area contributed by atoms with Crippen LogP contribution in [0.2, 0.25) is 0 Å². The molecule has 0 aliphatic heterocycles. The van der Waals surface area contributed by atoms with Gasteiger partial charge in [0.1, 0.15) is 0 Å². The number of carbonyl (C=O) groups excluding carboxylic acids is 2. The molecule has 0 saturated heterocycles. The van der Waals surface area contributed by atoms with E-state index in [-0.39, 0.29) is 11.5 Å². The van der Waals surface area contributed by atoms with Crippen LogP contribution in [-0.2, 0) is 0 Å². The van der Waals surface area contributed by atoms with Crippen molar-refractivity contribution >= 4 is 11.9 Å². The number of benzene rings is 4. The van der Waals surface area contributed by atoms with Crippen LogP contribution >= 0.6 is 0 Å². The highest BCUT2D eigenvalue weighted by Crippen LogP contribution is 2.41. The summed E-state index contributed by atoms with van der Waals surface area (Å²) in [6, 6.07) is 29.2. The van der Waals surface area contributed by atoms with Gasteiger partial charge in [-0.05, 0) is 60.9 Å². The van der Waals surface area contributed by atoms with Gasteiger partial charge in [-0.3, -0.25) is 0 Å². The standard InChI is InChI=1S/C28H22O4/c1-19-18-24(21-12-6-3-7-13-21)20(2)26(32-28(30)23-16-10-5-11-17-23)25(19)31-27(29)22-14-8-4-9-15-22/h3-18H,1-2H3. The quantitative estimate of drug-likeness (QED) is 0.275. The Morgan fingerprint density at radius 3 is 1.53 bits per heavy atom. The molecule has 4 aromatic rings. The van der Waals surface area contributed by atoms with Crippen molar-refractivity contribution < 1.29 is 19.1 Å². The number of ether oxygens (including phenoxy) is 2. The van der Waals surface area contributed by atoms with E-state index in [0.29, 0.717) is 22.3 Å². The molecule has 0 aromatic heterocycles. The predicted octanol–water partition coefficient (Wildman–Crippen LogP) is 6.41. The average Bonchev–Trinajstić information content (AvgIpc) is 2.84. The van der Waals surface area contributed by atoms with Crippen LogP contribution in [0.4, 0.5) is 0 Å². The number of hydrogen-bond donors (Lipinski definition) is 0. The van der Waals surface area contributed by atoms with Gasteiger partial charge in [-0.25, -0.2) is 9.59 Å². The van der Waals surface area contributed by atoms with Gasteiger partial charge in [0.15, 0.2) is 11.5 Å². The van der Waals surface area contributed by atoms with Crippen LogP contribution in [0.5, 0.6) is 11.5 Å². The Morgan fingerprint density at radius 2 is 1.03 bits per heavy atom. The molecule has 0 N–H and O–H groups in total. The highest BCUT2D eigenvalue weighted by atomic mass is 16.6. The van der Waals surface area contributed by atoms with Gasteiger partial charge in [0.25, 0.3) is 0 Å². The Morgan fingerprint density at radius 1 is 0.594 bits per heavy atom. The summed E-state index contributed by atoms with van der Waals surface area (Å²) in [5, 5.41) is 0. The Bertz CT molecular complexity index is 1250. The summed E-state index contributed by atoms with van der Waals surface area (Å²) < 4.78 is 11.6. The van der Waals surface area contributed by atoms with E-state index in [1.807, 2.05) is 62.4 Å². The third-order valence-corrected chi connectivity index (χ3v) is 5.16. The van der Waals surface area contributed by atoms with Gasteiger partial charge < -0.3 is 9.47 Å². The van der Waals surface area contributed by atoms with E-state index in [1.165, 1.54) is 0 Å². The van der Waals surface area contributed by atoms with Crippen molar-refractivity contribution in [3.63, 3.8) is 0 Å². The minimum absolute atomic E-state index is 0.236. The normalized spacial score (nSPS) is 10.4. The molecule has 0 spiro atoms. The second kappa shape index (κ2) is 9.31. The summed E-state index contributed by atoms with van der Waals surface area (Å²) >= 11 is 0. The van der Waals surface area contributed by atoms with Gasteiger partial charge in [-0.2, -0.15) is 0 Å². The van der Waals surface area contributed by atoms with Crippen molar-refractivity contribution in [3.8, 4) is 22.6 Å². The maximum absolute atomic E-state index is 12.9. The van der Waals surface area contributed by atoms with E-state index in [9.17, 15) is 9.59 Å². The highest BCUT2D eigenvalue weighted by molar-refractivity contribution is 5.94. The summed E-state index contributed by atoms with van der Waals surface area (Å²) in [4.78, 5) is 25.6. The molecule has 0 unspecified atom stereocenters. The number of rotatable bonds is 5. The molecular weight excluding hydrogens is 400 g/mol. The second-order valence-electron chi connectivity index (χ2n) is 7.40. The van der Waals surface area contributed by atoms with Crippen molar-refractivity contribution in [3.05, 3.63) is 119 Å². The number of aryl methyl sites for hydroxylation is 1. The molecule has 0 atom stereocenters. The summed E-state index contributed by atoms with van der Waals surface area (Å²) in [6.07, 6.45) is 0. The van der Waals surface area contributed by atoms with Crippen LogP contribution in [0.1, 0.15) is 31.8 Å². The fourth-order valence-electron chi connectivity index (χ4n) is 3.48. The molecule has 4 nitrogen and oxygen atoms in total. The van der Waals surface area contributed by atoms with Crippen molar-refractivity contribution in [1.29, 1.82) is 0 Å². The fraction of sp³-hybridized carbons (Fsp3) is 0.0714. The maximum atomic E-state index is 12.9. The predicted molar refractivity (Wildman–Crippen MR) is 124 cm³/mol. The first kappa shape index (κ1) is 21.1. The lowest BCUT2D eigenvalue weighted by Gasteiger charge is -2.18. The van der Waals surface area contributed by atoms with Gasteiger partial charge in [-0.15, -0.1) is 0 Å². The van der Waals surface area contributed by atoms with E-state index in [1.54, 1.807) is 48.5 Å². The van der Waals surface area contributed by atoms with Crippen LogP contribution in [0.3, 0.4) is 0 Å². The molecule has 0 bridgehead atoms. The first-order valence-electron chi connectivity index (χ1n) is 10.3. The second-order valence-corrected chi connectivity index (χ2v) is 7.40. The molecule has 158 valence electrons. The Balaban J connectivity index is 1.80. The molecular formula is C28H22O4. The van der Waals surface area contributed by atoms with E-state index >= 15 is 0 Å². The van der Waals surface area contributed by atoms with E-state index < -0.39 is 11.9 Å². The zero-order chi connectivity index (χ0) is 22.5. The minimum atomic E-state index is -0.518. The summed E-state index contributed by atoms with van der Waals surface area (Å²) in [7, 11) is 0. The fourth-order valence-corrected chi connectivity index (χ4v) is 3.48. The lowest BCUT2D eigenvalue weighted by atomic mass is 9.96. The van der Waals surface area contributed by atoms with E-state index in [4.69, 9.17) is 9.47 Å². The minimum Gasteiger partial charge on any atom is -0.419 e. The van der Waals surface area contributed by atoms with Gasteiger partial charge >= 0.3 is 11.9 Å².